The van der Waals surface area contributed by atoms with Crippen molar-refractivity contribution >= 4 is 11.6 Å². The molecule has 1 unspecified atom stereocenters. The van der Waals surface area contributed by atoms with E-state index in [0.717, 1.165) is 57.6 Å². The summed E-state index contributed by atoms with van der Waals surface area (Å²) in [6.07, 6.45) is 2.38. The lowest BCUT2D eigenvalue weighted by Gasteiger charge is -2.39. The highest BCUT2D eigenvalue weighted by atomic mass is 16.5. The van der Waals surface area contributed by atoms with Crippen LogP contribution in [0.25, 0.3) is 0 Å². The summed E-state index contributed by atoms with van der Waals surface area (Å²) in [4.78, 5) is 7.00. The predicted molar refractivity (Wildman–Crippen MR) is 125 cm³/mol. The fourth-order valence-electron chi connectivity index (χ4n) is 3.98. The Morgan fingerprint density at radius 2 is 1.83 bits per heavy atom. The van der Waals surface area contributed by atoms with Gasteiger partial charge in [0.15, 0.2) is 5.96 Å². The van der Waals surface area contributed by atoms with Crippen LogP contribution in [0.3, 0.4) is 0 Å². The van der Waals surface area contributed by atoms with E-state index in [9.17, 15) is 0 Å². The van der Waals surface area contributed by atoms with Gasteiger partial charge in [0.1, 0.15) is 0 Å². The summed E-state index contributed by atoms with van der Waals surface area (Å²) < 4.78 is 10.6. The van der Waals surface area contributed by atoms with Crippen LogP contribution < -0.4 is 16.0 Å². The second-order valence-electron chi connectivity index (χ2n) is 7.72. The molecule has 1 aliphatic heterocycles. The quantitative estimate of drug-likeness (QED) is 0.275. The minimum atomic E-state index is 0.500. The largest absolute Gasteiger partial charge is 0.383 e. The van der Waals surface area contributed by atoms with E-state index in [0.29, 0.717) is 18.6 Å². The van der Waals surface area contributed by atoms with Crippen LogP contribution >= 0.6 is 0 Å². The van der Waals surface area contributed by atoms with Gasteiger partial charge >= 0.3 is 0 Å². The number of nitrogens with zero attached hydrogens (tertiary/aromatic N) is 2. The van der Waals surface area contributed by atoms with Crippen molar-refractivity contribution in [1.82, 2.24) is 15.5 Å². The number of anilines is 1. The molecule has 30 heavy (non-hydrogen) atoms. The summed E-state index contributed by atoms with van der Waals surface area (Å²) >= 11 is 0. The maximum Gasteiger partial charge on any atom is 0.191 e. The molecule has 0 aromatic heterocycles. The molecule has 7 nitrogen and oxygen atoms in total. The number of hydrogen-bond donors (Lipinski definition) is 3. The Labute approximate surface area is 182 Å². The number of guanidine groups is 1. The van der Waals surface area contributed by atoms with Gasteiger partial charge < -0.3 is 25.4 Å². The third-order valence-electron chi connectivity index (χ3n) is 5.86. The average molecular weight is 420 g/mol. The van der Waals surface area contributed by atoms with Crippen LogP contribution in [-0.4, -0.2) is 77.1 Å². The number of nitrogens with one attached hydrogen (secondary N) is 3. The van der Waals surface area contributed by atoms with Crippen LogP contribution in [0.1, 0.15) is 32.3 Å². The maximum absolute atomic E-state index is 5.56. The summed E-state index contributed by atoms with van der Waals surface area (Å²) in [6, 6.07) is 8.97. The van der Waals surface area contributed by atoms with Gasteiger partial charge in [-0.15, -0.1) is 0 Å². The number of aliphatic imine (C=N–C) groups is 1. The predicted octanol–water partition coefficient (Wildman–Crippen LogP) is 2.55. The van der Waals surface area contributed by atoms with E-state index < -0.39 is 0 Å². The molecular formula is C23H41N5O2. The van der Waals surface area contributed by atoms with Gasteiger partial charge in [0.2, 0.25) is 0 Å². The van der Waals surface area contributed by atoms with Gasteiger partial charge in [0.05, 0.1) is 19.8 Å². The van der Waals surface area contributed by atoms with E-state index in [-0.39, 0.29) is 0 Å². The number of methoxy groups -OCH3 is 1. The molecule has 0 spiro atoms. The van der Waals surface area contributed by atoms with E-state index in [1.54, 1.807) is 7.11 Å². The van der Waals surface area contributed by atoms with Crippen LogP contribution in [0.5, 0.6) is 0 Å². The molecular weight excluding hydrogens is 378 g/mol. The first-order chi connectivity index (χ1) is 14.7. The van der Waals surface area contributed by atoms with Gasteiger partial charge in [-0.1, -0.05) is 38.8 Å². The summed E-state index contributed by atoms with van der Waals surface area (Å²) in [5.41, 5.74) is 2.33. The Bertz CT molecular complexity index is 598. The van der Waals surface area contributed by atoms with Crippen molar-refractivity contribution in [3.63, 3.8) is 0 Å². The van der Waals surface area contributed by atoms with Gasteiger partial charge in [-0.05, 0) is 23.6 Å². The molecule has 3 N–H and O–H groups in total. The van der Waals surface area contributed by atoms with E-state index in [1.165, 1.54) is 18.4 Å². The Morgan fingerprint density at radius 3 is 2.43 bits per heavy atom. The number of benzene rings is 1. The molecule has 0 amide bonds. The zero-order valence-electron chi connectivity index (χ0n) is 19.2. The lowest BCUT2D eigenvalue weighted by Crippen LogP contribution is -2.53. The molecule has 2 rings (SSSR count). The molecule has 1 aromatic carbocycles. The first-order valence-electron chi connectivity index (χ1n) is 11.3. The second-order valence-corrected chi connectivity index (χ2v) is 7.72. The van der Waals surface area contributed by atoms with Gasteiger partial charge in [-0.2, -0.15) is 0 Å². The van der Waals surface area contributed by atoms with Gasteiger partial charge in [-0.25, -0.2) is 0 Å². The van der Waals surface area contributed by atoms with E-state index in [1.807, 2.05) is 7.05 Å². The zero-order valence-corrected chi connectivity index (χ0v) is 19.2. The Hall–Kier alpha value is -1.83. The number of hydrogen-bond acceptors (Lipinski definition) is 5. The smallest absolute Gasteiger partial charge is 0.191 e. The van der Waals surface area contributed by atoms with Gasteiger partial charge in [0, 0.05) is 58.6 Å². The molecule has 7 heteroatoms. The Kier molecular flexibility index (Phi) is 11.6. The SMILES string of the molecule is CCC(CC)C(CNC(=NC)NCc1ccc(NCCOC)cc1)N1CCOCC1. The molecule has 1 fully saturated rings. The molecule has 1 heterocycles. The maximum atomic E-state index is 5.56. The van der Waals surface area contributed by atoms with Crippen molar-refractivity contribution in [2.45, 2.75) is 39.3 Å². The van der Waals surface area contributed by atoms with Crippen LogP contribution in [0.15, 0.2) is 29.3 Å². The van der Waals surface area contributed by atoms with E-state index in [2.05, 4.69) is 64.0 Å². The van der Waals surface area contributed by atoms with Crippen molar-refractivity contribution in [3.8, 4) is 0 Å². The molecule has 1 saturated heterocycles. The van der Waals surface area contributed by atoms with Crippen molar-refractivity contribution in [2.24, 2.45) is 10.9 Å². The molecule has 0 aliphatic carbocycles. The fourth-order valence-corrected chi connectivity index (χ4v) is 3.98. The number of morpholine rings is 1. The Morgan fingerprint density at radius 1 is 1.13 bits per heavy atom. The third kappa shape index (κ3) is 8.13. The molecule has 1 aliphatic rings. The summed E-state index contributed by atoms with van der Waals surface area (Å²) in [7, 11) is 3.55. The van der Waals surface area contributed by atoms with E-state index in [4.69, 9.17) is 9.47 Å². The second kappa shape index (κ2) is 14.2. The number of ether oxygens (including phenoxy) is 2. The topological polar surface area (TPSA) is 70.2 Å². The first-order valence-corrected chi connectivity index (χ1v) is 11.3. The van der Waals surface area contributed by atoms with Crippen LogP contribution in [-0.2, 0) is 16.0 Å². The van der Waals surface area contributed by atoms with Crippen molar-refractivity contribution in [2.75, 3.05) is 65.5 Å². The first kappa shape index (κ1) is 24.4. The molecule has 0 saturated carbocycles. The highest BCUT2D eigenvalue weighted by molar-refractivity contribution is 5.79. The molecule has 1 aromatic rings. The molecule has 170 valence electrons. The fraction of sp³-hybridized carbons (Fsp3) is 0.696. The van der Waals surface area contributed by atoms with Crippen LogP contribution in [0, 0.1) is 5.92 Å². The highest BCUT2D eigenvalue weighted by Gasteiger charge is 2.26. The van der Waals surface area contributed by atoms with Crippen molar-refractivity contribution < 1.29 is 9.47 Å². The van der Waals surface area contributed by atoms with Crippen molar-refractivity contribution in [3.05, 3.63) is 29.8 Å². The molecule has 0 radical (unpaired) electrons. The third-order valence-corrected chi connectivity index (χ3v) is 5.86. The van der Waals surface area contributed by atoms with Crippen LogP contribution in [0.2, 0.25) is 0 Å². The zero-order chi connectivity index (χ0) is 21.6. The van der Waals surface area contributed by atoms with Crippen LogP contribution in [0.4, 0.5) is 5.69 Å². The van der Waals surface area contributed by atoms with Crippen molar-refractivity contribution in [1.29, 1.82) is 0 Å². The monoisotopic (exact) mass is 419 g/mol. The summed E-state index contributed by atoms with van der Waals surface area (Å²) in [5, 5.41) is 10.3. The summed E-state index contributed by atoms with van der Waals surface area (Å²) in [5.74, 6) is 1.52. The molecule has 1 atom stereocenters. The molecule has 0 bridgehead atoms. The standard InChI is InChI=1S/C23H41N5O2/c1-5-20(6-2)22(28-12-15-30-16-13-28)18-27-23(24-3)26-17-19-7-9-21(10-8-19)25-11-14-29-4/h7-10,20,22,25H,5-6,11-18H2,1-4H3,(H2,24,26,27). The minimum Gasteiger partial charge on any atom is -0.383 e. The average Bonchev–Trinajstić information content (AvgIpc) is 2.80. The van der Waals surface area contributed by atoms with E-state index >= 15 is 0 Å². The Balaban J connectivity index is 1.84. The van der Waals surface area contributed by atoms with Gasteiger partial charge in [0.25, 0.3) is 0 Å². The lowest BCUT2D eigenvalue weighted by atomic mass is 9.92. The summed E-state index contributed by atoms with van der Waals surface area (Å²) in [6.45, 7) is 11.4. The number of rotatable bonds is 12. The van der Waals surface area contributed by atoms with Gasteiger partial charge in [-0.3, -0.25) is 9.89 Å². The normalized spacial score (nSPS) is 16.5. The lowest BCUT2D eigenvalue weighted by molar-refractivity contribution is 0.00272. The minimum absolute atomic E-state index is 0.500. The highest BCUT2D eigenvalue weighted by Crippen LogP contribution is 2.19.